The highest BCUT2D eigenvalue weighted by molar-refractivity contribution is 9.11. The van der Waals surface area contributed by atoms with E-state index >= 15 is 0 Å². The molecule has 7 heteroatoms. The summed E-state index contributed by atoms with van der Waals surface area (Å²) in [6.07, 6.45) is 0. The molecule has 0 aliphatic rings. The van der Waals surface area contributed by atoms with E-state index in [1.54, 1.807) is 6.07 Å². The Balaban J connectivity index is 3.06. The number of halogens is 1. The van der Waals surface area contributed by atoms with Gasteiger partial charge in [0.1, 0.15) is 4.21 Å². The number of nitrogens with zero attached hydrogens (tertiary/aromatic N) is 1. The minimum atomic E-state index is -3.36. The van der Waals surface area contributed by atoms with E-state index in [9.17, 15) is 8.42 Å². The highest BCUT2D eigenvalue weighted by Gasteiger charge is 2.22. The third-order valence-electron chi connectivity index (χ3n) is 1.94. The zero-order valence-electron chi connectivity index (χ0n) is 8.53. The minimum absolute atomic E-state index is 0.321. The van der Waals surface area contributed by atoms with Gasteiger partial charge in [-0.2, -0.15) is 4.31 Å². The molecular formula is C8H13BrN2O2S2. The predicted octanol–water partition coefficient (Wildman–Crippen LogP) is 1.40. The molecule has 1 heterocycles. The molecule has 1 rings (SSSR count). The van der Waals surface area contributed by atoms with Crippen LogP contribution in [-0.4, -0.2) is 32.9 Å². The van der Waals surface area contributed by atoms with Crippen molar-refractivity contribution in [3.05, 3.63) is 15.4 Å². The van der Waals surface area contributed by atoms with Gasteiger partial charge in [0, 0.05) is 20.1 Å². The van der Waals surface area contributed by atoms with Gasteiger partial charge in [-0.05, 0) is 34.5 Å². The average Bonchev–Trinajstić information content (AvgIpc) is 2.48. The lowest BCUT2D eigenvalue weighted by Gasteiger charge is -2.14. The minimum Gasteiger partial charge on any atom is -0.329 e. The summed E-state index contributed by atoms with van der Waals surface area (Å²) in [5, 5.41) is 0. The summed E-state index contributed by atoms with van der Waals surface area (Å²) in [7, 11) is -1.83. The fraction of sp³-hybridized carbons (Fsp3) is 0.500. The Bertz CT molecular complexity index is 422. The molecule has 0 aliphatic carbocycles. The van der Waals surface area contributed by atoms with Gasteiger partial charge in [-0.25, -0.2) is 8.42 Å². The Morgan fingerprint density at radius 3 is 2.60 bits per heavy atom. The first-order valence-electron chi connectivity index (χ1n) is 4.32. The maximum atomic E-state index is 11.9. The molecule has 2 N–H and O–H groups in total. The summed E-state index contributed by atoms with van der Waals surface area (Å²) in [6.45, 7) is 2.51. The van der Waals surface area contributed by atoms with E-state index in [4.69, 9.17) is 5.73 Å². The molecule has 86 valence electrons. The summed E-state index contributed by atoms with van der Waals surface area (Å²) < 4.78 is 26.4. The van der Waals surface area contributed by atoms with Crippen molar-refractivity contribution >= 4 is 37.3 Å². The molecule has 0 atom stereocenters. The fourth-order valence-corrected chi connectivity index (χ4v) is 4.64. The molecule has 0 spiro atoms. The van der Waals surface area contributed by atoms with Crippen molar-refractivity contribution in [2.45, 2.75) is 11.1 Å². The van der Waals surface area contributed by atoms with E-state index in [0.717, 1.165) is 9.35 Å². The van der Waals surface area contributed by atoms with Gasteiger partial charge in [-0.1, -0.05) is 0 Å². The van der Waals surface area contributed by atoms with Crippen LogP contribution in [0.15, 0.2) is 14.1 Å². The summed E-state index contributed by atoms with van der Waals surface area (Å²) in [5.41, 5.74) is 6.26. The van der Waals surface area contributed by atoms with Crippen LogP contribution in [0.25, 0.3) is 0 Å². The highest BCUT2D eigenvalue weighted by Crippen LogP contribution is 2.31. The lowest BCUT2D eigenvalue weighted by atomic mass is 10.4. The van der Waals surface area contributed by atoms with Gasteiger partial charge in [0.2, 0.25) is 0 Å². The Labute approximate surface area is 102 Å². The van der Waals surface area contributed by atoms with Gasteiger partial charge in [-0.3, -0.25) is 0 Å². The number of hydrogen-bond donors (Lipinski definition) is 1. The molecule has 0 aliphatic heterocycles. The van der Waals surface area contributed by atoms with Crippen molar-refractivity contribution in [2.75, 3.05) is 20.1 Å². The van der Waals surface area contributed by atoms with Crippen LogP contribution in [0.2, 0.25) is 0 Å². The fourth-order valence-electron chi connectivity index (χ4n) is 1.01. The van der Waals surface area contributed by atoms with Crippen LogP contribution in [0.5, 0.6) is 0 Å². The van der Waals surface area contributed by atoms with Crippen LogP contribution in [0, 0.1) is 6.92 Å². The van der Waals surface area contributed by atoms with E-state index in [1.165, 1.54) is 22.7 Å². The van der Waals surface area contributed by atoms with Gasteiger partial charge < -0.3 is 5.73 Å². The largest absolute Gasteiger partial charge is 0.329 e. The molecule has 0 amide bonds. The Kier molecular flexibility index (Phi) is 4.30. The van der Waals surface area contributed by atoms with Gasteiger partial charge in [0.05, 0.1) is 3.79 Å². The quantitative estimate of drug-likeness (QED) is 0.914. The first-order valence-corrected chi connectivity index (χ1v) is 7.37. The van der Waals surface area contributed by atoms with Crippen molar-refractivity contribution in [3.63, 3.8) is 0 Å². The SMILES string of the molecule is Cc1cc(S(=O)(=O)N(C)CCN)sc1Br. The van der Waals surface area contributed by atoms with Gasteiger partial charge >= 0.3 is 0 Å². The van der Waals surface area contributed by atoms with Crippen molar-refractivity contribution in [1.82, 2.24) is 4.31 Å². The van der Waals surface area contributed by atoms with Gasteiger partial charge in [0.25, 0.3) is 10.0 Å². The first kappa shape index (κ1) is 13.1. The zero-order valence-corrected chi connectivity index (χ0v) is 11.7. The smallest absolute Gasteiger partial charge is 0.252 e. The van der Waals surface area contributed by atoms with Crippen molar-refractivity contribution < 1.29 is 8.42 Å². The summed E-state index contributed by atoms with van der Waals surface area (Å²) in [4.78, 5) is 0. The van der Waals surface area contributed by atoms with Crippen LogP contribution in [0.4, 0.5) is 0 Å². The molecule has 0 saturated carbocycles. The normalized spacial score (nSPS) is 12.3. The Morgan fingerprint density at radius 1 is 1.60 bits per heavy atom. The molecule has 1 aromatic heterocycles. The molecule has 1 aromatic rings. The molecule has 0 unspecified atom stereocenters. The number of rotatable bonds is 4. The molecular weight excluding hydrogens is 300 g/mol. The van der Waals surface area contributed by atoms with Crippen LogP contribution in [-0.2, 0) is 10.0 Å². The maximum absolute atomic E-state index is 11.9. The number of aryl methyl sites for hydroxylation is 1. The number of likely N-dealkylation sites (N-methyl/N-ethyl adjacent to an activating group) is 1. The summed E-state index contributed by atoms with van der Waals surface area (Å²) >= 11 is 4.53. The van der Waals surface area contributed by atoms with Crippen LogP contribution < -0.4 is 5.73 Å². The van der Waals surface area contributed by atoms with Gasteiger partial charge in [-0.15, -0.1) is 11.3 Å². The molecule has 0 saturated heterocycles. The van der Waals surface area contributed by atoms with Crippen molar-refractivity contribution in [1.29, 1.82) is 0 Å². The number of sulfonamides is 1. The van der Waals surface area contributed by atoms with Crippen LogP contribution >= 0.6 is 27.3 Å². The monoisotopic (exact) mass is 312 g/mol. The van der Waals surface area contributed by atoms with Gasteiger partial charge in [0.15, 0.2) is 0 Å². The number of thiophene rings is 1. The molecule has 15 heavy (non-hydrogen) atoms. The van der Waals surface area contributed by atoms with E-state index in [0.29, 0.717) is 17.3 Å². The van der Waals surface area contributed by atoms with Crippen LogP contribution in [0.3, 0.4) is 0 Å². The Morgan fingerprint density at radius 2 is 2.20 bits per heavy atom. The topological polar surface area (TPSA) is 63.4 Å². The summed E-state index contributed by atoms with van der Waals surface area (Å²) in [5.74, 6) is 0. The van der Waals surface area contributed by atoms with Crippen molar-refractivity contribution in [3.8, 4) is 0 Å². The third kappa shape index (κ3) is 2.79. The average molecular weight is 313 g/mol. The number of hydrogen-bond acceptors (Lipinski definition) is 4. The lowest BCUT2D eigenvalue weighted by molar-refractivity contribution is 0.478. The Hall–Kier alpha value is 0.0500. The first-order chi connectivity index (χ1) is 6.89. The lowest BCUT2D eigenvalue weighted by Crippen LogP contribution is -2.31. The maximum Gasteiger partial charge on any atom is 0.252 e. The molecule has 4 nitrogen and oxygen atoms in total. The second-order valence-electron chi connectivity index (χ2n) is 3.14. The van der Waals surface area contributed by atoms with E-state index in [-0.39, 0.29) is 0 Å². The van der Waals surface area contributed by atoms with Crippen LogP contribution in [0.1, 0.15) is 5.56 Å². The molecule has 0 bridgehead atoms. The highest BCUT2D eigenvalue weighted by atomic mass is 79.9. The zero-order chi connectivity index (χ0) is 11.6. The molecule has 0 radical (unpaired) electrons. The third-order valence-corrected chi connectivity index (χ3v) is 6.39. The number of nitrogens with two attached hydrogens (primary N) is 1. The molecule has 0 aromatic carbocycles. The second kappa shape index (κ2) is 4.92. The second-order valence-corrected chi connectivity index (χ2v) is 7.78. The van der Waals surface area contributed by atoms with Crippen molar-refractivity contribution in [2.24, 2.45) is 5.73 Å². The van der Waals surface area contributed by atoms with E-state index in [2.05, 4.69) is 15.9 Å². The molecule has 0 fully saturated rings. The summed E-state index contributed by atoms with van der Waals surface area (Å²) in [6, 6.07) is 1.66. The standard InChI is InChI=1S/C8H13BrN2O2S2/c1-6-5-7(14-8(6)9)15(12,13)11(2)4-3-10/h5H,3-4,10H2,1-2H3. The van der Waals surface area contributed by atoms with E-state index < -0.39 is 10.0 Å². The predicted molar refractivity (Wildman–Crippen MR) is 65.6 cm³/mol. The van der Waals surface area contributed by atoms with E-state index in [1.807, 2.05) is 6.92 Å².